The van der Waals surface area contributed by atoms with Crippen LogP contribution in [0.5, 0.6) is 11.5 Å². The molecule has 3 rings (SSSR count). The van der Waals surface area contributed by atoms with E-state index >= 15 is 0 Å². The Morgan fingerprint density at radius 3 is 2.29 bits per heavy atom. The molecule has 0 radical (unpaired) electrons. The summed E-state index contributed by atoms with van der Waals surface area (Å²) in [6, 6.07) is 14.7. The number of Topliss-reactive ketones (excluding diaryl/α,β-unsaturated/α-hetero) is 1. The number of para-hydroxylation sites is 2. The van der Waals surface area contributed by atoms with Crippen molar-refractivity contribution in [3.05, 3.63) is 59.7 Å². The molecule has 1 aliphatic heterocycles. The second-order valence-corrected chi connectivity index (χ2v) is 4.78. The lowest BCUT2D eigenvalue weighted by atomic mass is 10.0. The summed E-state index contributed by atoms with van der Waals surface area (Å²) < 4.78 is 16.1. The first kappa shape index (κ1) is 13.6. The summed E-state index contributed by atoms with van der Waals surface area (Å²) in [4.78, 5) is 12.5. The average Bonchev–Trinajstić information content (AvgIpc) is 3.34. The summed E-state index contributed by atoms with van der Waals surface area (Å²) >= 11 is 0. The highest BCUT2D eigenvalue weighted by Crippen LogP contribution is 2.44. The van der Waals surface area contributed by atoms with E-state index in [9.17, 15) is 4.79 Å². The van der Waals surface area contributed by atoms with Crippen molar-refractivity contribution in [3.8, 4) is 11.5 Å². The number of hydrogen-bond acceptors (Lipinski definition) is 4. The zero-order chi connectivity index (χ0) is 14.8. The zero-order valence-electron chi connectivity index (χ0n) is 11.9. The Balaban J connectivity index is 1.83. The van der Waals surface area contributed by atoms with E-state index in [0.29, 0.717) is 11.3 Å². The van der Waals surface area contributed by atoms with E-state index in [-0.39, 0.29) is 11.9 Å². The van der Waals surface area contributed by atoms with Crippen LogP contribution in [0.2, 0.25) is 0 Å². The topological polar surface area (TPSA) is 48.1 Å². The van der Waals surface area contributed by atoms with Gasteiger partial charge in [0, 0.05) is 5.56 Å². The van der Waals surface area contributed by atoms with Crippen LogP contribution in [0.1, 0.15) is 22.0 Å². The van der Waals surface area contributed by atoms with Crippen molar-refractivity contribution < 1.29 is 19.0 Å². The summed E-state index contributed by atoms with van der Waals surface area (Å²) in [5.41, 5.74) is 1.44. The second-order valence-electron chi connectivity index (χ2n) is 4.78. The minimum atomic E-state index is -0.474. The van der Waals surface area contributed by atoms with Crippen molar-refractivity contribution >= 4 is 5.78 Å². The molecule has 0 spiro atoms. The lowest BCUT2D eigenvalue weighted by Gasteiger charge is -2.06. The summed E-state index contributed by atoms with van der Waals surface area (Å²) in [7, 11) is 3.16. The van der Waals surface area contributed by atoms with Gasteiger partial charge in [0.2, 0.25) is 0 Å². The van der Waals surface area contributed by atoms with Crippen LogP contribution in [0, 0.1) is 0 Å². The highest BCUT2D eigenvalue weighted by molar-refractivity contribution is 6.03. The maximum absolute atomic E-state index is 12.5. The quantitative estimate of drug-likeness (QED) is 0.625. The molecular formula is C17H16O4. The molecule has 2 aromatic carbocycles. The predicted molar refractivity (Wildman–Crippen MR) is 77.9 cm³/mol. The fourth-order valence-corrected chi connectivity index (χ4v) is 2.45. The van der Waals surface area contributed by atoms with Crippen molar-refractivity contribution in [2.45, 2.75) is 12.2 Å². The summed E-state index contributed by atoms with van der Waals surface area (Å²) in [6.45, 7) is 0. The maximum Gasteiger partial charge on any atom is 0.198 e. The second kappa shape index (κ2) is 5.58. The monoisotopic (exact) mass is 284 g/mol. The Labute approximate surface area is 123 Å². The van der Waals surface area contributed by atoms with Gasteiger partial charge in [-0.2, -0.15) is 0 Å². The molecule has 4 nitrogen and oxygen atoms in total. The van der Waals surface area contributed by atoms with E-state index in [1.807, 2.05) is 36.4 Å². The van der Waals surface area contributed by atoms with Crippen LogP contribution < -0.4 is 9.47 Å². The Morgan fingerprint density at radius 2 is 1.57 bits per heavy atom. The zero-order valence-corrected chi connectivity index (χ0v) is 11.9. The molecule has 2 aromatic rings. The van der Waals surface area contributed by atoms with Crippen LogP contribution in [-0.4, -0.2) is 26.1 Å². The van der Waals surface area contributed by atoms with Crippen molar-refractivity contribution in [3.63, 3.8) is 0 Å². The number of methoxy groups -OCH3 is 2. The van der Waals surface area contributed by atoms with Gasteiger partial charge in [-0.05, 0) is 18.2 Å². The molecule has 1 heterocycles. The predicted octanol–water partition coefficient (Wildman–Crippen LogP) is 3.03. The lowest BCUT2D eigenvalue weighted by Crippen LogP contribution is -2.10. The summed E-state index contributed by atoms with van der Waals surface area (Å²) in [5.74, 6) is 1.23. The van der Waals surface area contributed by atoms with Gasteiger partial charge in [0.15, 0.2) is 11.9 Å². The third kappa shape index (κ3) is 2.50. The molecule has 4 heteroatoms. The first-order chi connectivity index (χ1) is 10.3. The van der Waals surface area contributed by atoms with E-state index in [1.54, 1.807) is 26.4 Å². The minimum Gasteiger partial charge on any atom is -0.496 e. The first-order valence-corrected chi connectivity index (χ1v) is 6.72. The number of epoxide rings is 1. The van der Waals surface area contributed by atoms with E-state index in [2.05, 4.69) is 0 Å². The molecule has 2 unspecified atom stereocenters. The number of ketones is 1. The molecule has 0 N–H and O–H groups in total. The van der Waals surface area contributed by atoms with Crippen LogP contribution in [0.4, 0.5) is 0 Å². The smallest absolute Gasteiger partial charge is 0.198 e. The molecule has 21 heavy (non-hydrogen) atoms. The normalized spacial score (nSPS) is 19.9. The van der Waals surface area contributed by atoms with Gasteiger partial charge in [0.05, 0.1) is 19.8 Å². The molecule has 0 saturated carbocycles. The molecular weight excluding hydrogens is 268 g/mol. The molecule has 0 amide bonds. The van der Waals surface area contributed by atoms with E-state index in [4.69, 9.17) is 14.2 Å². The molecule has 1 saturated heterocycles. The number of hydrogen-bond donors (Lipinski definition) is 0. The third-order valence-corrected chi connectivity index (χ3v) is 3.57. The van der Waals surface area contributed by atoms with Crippen molar-refractivity contribution in [1.29, 1.82) is 0 Å². The van der Waals surface area contributed by atoms with Gasteiger partial charge in [0.25, 0.3) is 0 Å². The third-order valence-electron chi connectivity index (χ3n) is 3.57. The number of rotatable bonds is 5. The molecule has 0 aliphatic carbocycles. The summed E-state index contributed by atoms with van der Waals surface area (Å²) in [5, 5.41) is 0. The van der Waals surface area contributed by atoms with Crippen molar-refractivity contribution in [2.24, 2.45) is 0 Å². The van der Waals surface area contributed by atoms with Gasteiger partial charge in [-0.15, -0.1) is 0 Å². The molecule has 108 valence electrons. The van der Waals surface area contributed by atoms with Crippen molar-refractivity contribution in [2.75, 3.05) is 14.2 Å². The summed E-state index contributed by atoms with van der Waals surface area (Å²) in [6.07, 6.45) is -0.726. The lowest BCUT2D eigenvalue weighted by molar-refractivity contribution is 0.0950. The number of carbonyl (C=O) groups excluding carboxylic acids is 1. The van der Waals surface area contributed by atoms with Crippen molar-refractivity contribution in [1.82, 2.24) is 0 Å². The van der Waals surface area contributed by atoms with Crippen LogP contribution in [0.25, 0.3) is 0 Å². The minimum absolute atomic E-state index is 0.0663. The molecule has 1 aliphatic rings. The van der Waals surface area contributed by atoms with E-state index in [0.717, 1.165) is 11.3 Å². The Morgan fingerprint density at radius 1 is 0.952 bits per heavy atom. The highest BCUT2D eigenvalue weighted by atomic mass is 16.6. The van der Waals surface area contributed by atoms with Crippen LogP contribution in [0.3, 0.4) is 0 Å². The number of carbonyl (C=O) groups is 1. The van der Waals surface area contributed by atoms with Gasteiger partial charge in [-0.1, -0.05) is 30.3 Å². The number of ether oxygens (including phenoxy) is 3. The standard InChI is InChI=1S/C17H16O4/c1-19-13-9-5-3-7-11(13)15(18)17-16(21-17)12-8-4-6-10-14(12)20-2/h3-10,16-17H,1-2H3. The fraction of sp³-hybridized carbons (Fsp3) is 0.235. The van der Waals surface area contributed by atoms with Gasteiger partial charge in [-0.25, -0.2) is 0 Å². The van der Waals surface area contributed by atoms with Gasteiger partial charge < -0.3 is 14.2 Å². The molecule has 2 atom stereocenters. The fourth-order valence-electron chi connectivity index (χ4n) is 2.45. The Bertz CT molecular complexity index is 665. The van der Waals surface area contributed by atoms with Crippen LogP contribution in [-0.2, 0) is 4.74 Å². The van der Waals surface area contributed by atoms with Crippen LogP contribution in [0.15, 0.2) is 48.5 Å². The SMILES string of the molecule is COc1ccccc1C(=O)C1OC1c1ccccc1OC. The molecule has 0 bridgehead atoms. The van der Waals surface area contributed by atoms with E-state index < -0.39 is 6.10 Å². The van der Waals surface area contributed by atoms with Gasteiger partial charge >= 0.3 is 0 Å². The number of benzene rings is 2. The molecule has 0 aromatic heterocycles. The van der Waals surface area contributed by atoms with Crippen LogP contribution >= 0.6 is 0 Å². The Hall–Kier alpha value is -2.33. The Kier molecular flexibility index (Phi) is 3.62. The molecule has 1 fully saturated rings. The average molecular weight is 284 g/mol. The highest BCUT2D eigenvalue weighted by Gasteiger charge is 2.48. The largest absolute Gasteiger partial charge is 0.496 e. The maximum atomic E-state index is 12.5. The van der Waals surface area contributed by atoms with Gasteiger partial charge in [-0.3, -0.25) is 4.79 Å². The van der Waals surface area contributed by atoms with E-state index in [1.165, 1.54) is 0 Å². The van der Waals surface area contributed by atoms with Gasteiger partial charge in [0.1, 0.15) is 17.6 Å². The first-order valence-electron chi connectivity index (χ1n) is 6.72.